The van der Waals surface area contributed by atoms with Crippen molar-refractivity contribution in [1.82, 2.24) is 0 Å². The summed E-state index contributed by atoms with van der Waals surface area (Å²) < 4.78 is 16.4. The predicted molar refractivity (Wildman–Crippen MR) is 81.1 cm³/mol. The third kappa shape index (κ3) is 11.7. The molecule has 0 rings (SSSR count). The summed E-state index contributed by atoms with van der Waals surface area (Å²) >= 11 is 5.95. The Morgan fingerprint density at radius 2 is 1.37 bits per heavy atom. The lowest BCUT2D eigenvalue weighted by Gasteiger charge is -2.24. The van der Waals surface area contributed by atoms with Crippen LogP contribution in [0.2, 0.25) is 0 Å². The third-order valence-electron chi connectivity index (χ3n) is 3.41. The van der Waals surface area contributed by atoms with Crippen LogP contribution in [0.1, 0.15) is 46.5 Å². The van der Waals surface area contributed by atoms with Crippen LogP contribution >= 0.6 is 11.6 Å². The minimum atomic E-state index is 0.204. The highest BCUT2D eigenvalue weighted by atomic mass is 35.5. The first kappa shape index (κ1) is 19.2. The van der Waals surface area contributed by atoms with E-state index in [-0.39, 0.29) is 5.41 Å². The molecule has 0 saturated carbocycles. The fourth-order valence-electron chi connectivity index (χ4n) is 1.44. The van der Waals surface area contributed by atoms with Crippen molar-refractivity contribution in [3.05, 3.63) is 0 Å². The second-order valence-corrected chi connectivity index (χ2v) is 5.51. The molecule has 0 aromatic rings. The number of halogens is 1. The molecule has 0 N–H and O–H groups in total. The Labute approximate surface area is 123 Å². The molecule has 1 atom stereocenters. The molecule has 0 aromatic heterocycles. The number of rotatable bonds is 14. The monoisotopic (exact) mass is 294 g/mol. The summed E-state index contributed by atoms with van der Waals surface area (Å²) in [6, 6.07) is 0. The van der Waals surface area contributed by atoms with Gasteiger partial charge in [-0.25, -0.2) is 0 Å². The Balaban J connectivity index is 3.19. The Bertz CT molecular complexity index is 184. The van der Waals surface area contributed by atoms with E-state index < -0.39 is 0 Å². The highest BCUT2D eigenvalue weighted by Crippen LogP contribution is 2.26. The molecule has 0 aliphatic rings. The molecule has 0 aliphatic heterocycles. The molecule has 116 valence electrons. The van der Waals surface area contributed by atoms with Crippen LogP contribution < -0.4 is 0 Å². The number of alkyl halides is 1. The third-order valence-corrected chi connectivity index (χ3v) is 4.06. The van der Waals surface area contributed by atoms with Gasteiger partial charge in [0.2, 0.25) is 0 Å². The first-order chi connectivity index (χ1) is 9.18. The summed E-state index contributed by atoms with van der Waals surface area (Å²) in [5.41, 5.74) is 0.204. The number of ether oxygens (including phenoxy) is 3. The van der Waals surface area contributed by atoms with Gasteiger partial charge in [0.25, 0.3) is 0 Å². The van der Waals surface area contributed by atoms with Crippen LogP contribution in [0, 0.1) is 5.41 Å². The maximum atomic E-state index is 5.95. The zero-order chi connectivity index (χ0) is 14.4. The van der Waals surface area contributed by atoms with Crippen molar-refractivity contribution >= 4 is 11.6 Å². The highest BCUT2D eigenvalue weighted by molar-refractivity contribution is 6.18. The van der Waals surface area contributed by atoms with Gasteiger partial charge in [-0.15, -0.1) is 11.6 Å². The topological polar surface area (TPSA) is 27.7 Å². The van der Waals surface area contributed by atoms with Gasteiger partial charge in [-0.2, -0.15) is 0 Å². The van der Waals surface area contributed by atoms with Crippen molar-refractivity contribution in [2.24, 2.45) is 5.41 Å². The normalized spacial score (nSPS) is 14.5. The number of hydrogen-bond donors (Lipinski definition) is 0. The second kappa shape index (κ2) is 13.2. The van der Waals surface area contributed by atoms with Gasteiger partial charge >= 0.3 is 0 Å². The lowest BCUT2D eigenvalue weighted by Crippen LogP contribution is -2.20. The lowest BCUT2D eigenvalue weighted by atomic mass is 9.87. The minimum Gasteiger partial charge on any atom is -0.379 e. The van der Waals surface area contributed by atoms with E-state index in [9.17, 15) is 0 Å². The quantitative estimate of drug-likeness (QED) is 0.359. The van der Waals surface area contributed by atoms with Crippen LogP contribution in [0.25, 0.3) is 0 Å². The predicted octanol–water partition coefficient (Wildman–Crippen LogP) is 3.88. The summed E-state index contributed by atoms with van der Waals surface area (Å²) in [5, 5.41) is 0. The van der Waals surface area contributed by atoms with Crippen LogP contribution in [0.5, 0.6) is 0 Å². The van der Waals surface area contributed by atoms with Crippen molar-refractivity contribution in [2.75, 3.05) is 45.5 Å². The molecule has 4 heteroatoms. The van der Waals surface area contributed by atoms with Crippen molar-refractivity contribution in [2.45, 2.75) is 46.5 Å². The van der Waals surface area contributed by atoms with E-state index in [0.717, 1.165) is 32.5 Å². The largest absolute Gasteiger partial charge is 0.379 e. The number of hydrogen-bond acceptors (Lipinski definition) is 3. The van der Waals surface area contributed by atoms with Crippen molar-refractivity contribution in [3.63, 3.8) is 0 Å². The molecular formula is C15H31ClO3. The van der Waals surface area contributed by atoms with Crippen LogP contribution in [-0.2, 0) is 14.2 Å². The van der Waals surface area contributed by atoms with Gasteiger partial charge in [-0.05, 0) is 24.7 Å². The number of unbranched alkanes of at least 4 members (excludes halogenated alkanes) is 1. The van der Waals surface area contributed by atoms with E-state index in [2.05, 4.69) is 20.8 Å². The SMILES string of the molecule is CCCCOCCOCCOCCC(C)(CC)CCl. The summed E-state index contributed by atoms with van der Waals surface area (Å²) in [5.74, 6) is 0.693. The van der Waals surface area contributed by atoms with E-state index in [1.165, 1.54) is 6.42 Å². The Hall–Kier alpha value is 0.170. The molecule has 0 heterocycles. The molecule has 0 aliphatic carbocycles. The Kier molecular flexibility index (Phi) is 13.3. The van der Waals surface area contributed by atoms with Crippen molar-refractivity contribution in [3.8, 4) is 0 Å². The van der Waals surface area contributed by atoms with Gasteiger partial charge in [0, 0.05) is 19.1 Å². The zero-order valence-electron chi connectivity index (χ0n) is 12.9. The van der Waals surface area contributed by atoms with Crippen LogP contribution in [0.4, 0.5) is 0 Å². The molecule has 0 bridgehead atoms. The fraction of sp³-hybridized carbons (Fsp3) is 1.00. The Morgan fingerprint density at radius 3 is 1.84 bits per heavy atom. The van der Waals surface area contributed by atoms with E-state index in [4.69, 9.17) is 25.8 Å². The van der Waals surface area contributed by atoms with Gasteiger partial charge in [0.05, 0.1) is 26.4 Å². The molecule has 3 nitrogen and oxygen atoms in total. The van der Waals surface area contributed by atoms with E-state index >= 15 is 0 Å². The minimum absolute atomic E-state index is 0.204. The zero-order valence-corrected chi connectivity index (χ0v) is 13.6. The summed E-state index contributed by atoms with van der Waals surface area (Å²) in [4.78, 5) is 0. The van der Waals surface area contributed by atoms with Gasteiger partial charge in [0.15, 0.2) is 0 Å². The van der Waals surface area contributed by atoms with E-state index in [1.807, 2.05) is 0 Å². The van der Waals surface area contributed by atoms with Crippen LogP contribution in [0.3, 0.4) is 0 Å². The van der Waals surface area contributed by atoms with Gasteiger partial charge in [-0.1, -0.05) is 27.2 Å². The second-order valence-electron chi connectivity index (χ2n) is 5.24. The smallest absolute Gasteiger partial charge is 0.0701 e. The molecular weight excluding hydrogens is 264 g/mol. The molecule has 1 unspecified atom stereocenters. The first-order valence-electron chi connectivity index (χ1n) is 7.47. The summed E-state index contributed by atoms with van der Waals surface area (Å²) in [6.07, 6.45) is 4.39. The molecule has 0 saturated heterocycles. The van der Waals surface area contributed by atoms with Crippen molar-refractivity contribution < 1.29 is 14.2 Å². The molecule has 0 aromatic carbocycles. The van der Waals surface area contributed by atoms with Gasteiger partial charge in [-0.3, -0.25) is 0 Å². The molecule has 0 fully saturated rings. The van der Waals surface area contributed by atoms with Crippen molar-refractivity contribution in [1.29, 1.82) is 0 Å². The van der Waals surface area contributed by atoms with Crippen LogP contribution in [0.15, 0.2) is 0 Å². The van der Waals surface area contributed by atoms with Gasteiger partial charge < -0.3 is 14.2 Å². The summed E-state index contributed by atoms with van der Waals surface area (Å²) in [7, 11) is 0. The Morgan fingerprint density at radius 1 is 0.842 bits per heavy atom. The van der Waals surface area contributed by atoms with Crippen LogP contribution in [-0.4, -0.2) is 45.5 Å². The molecule has 0 radical (unpaired) electrons. The van der Waals surface area contributed by atoms with Gasteiger partial charge in [0.1, 0.15) is 0 Å². The molecule has 19 heavy (non-hydrogen) atoms. The maximum Gasteiger partial charge on any atom is 0.0701 e. The molecule has 0 spiro atoms. The van der Waals surface area contributed by atoms with E-state index in [0.29, 0.717) is 32.3 Å². The lowest BCUT2D eigenvalue weighted by molar-refractivity contribution is 0.00932. The maximum absolute atomic E-state index is 5.95. The van der Waals surface area contributed by atoms with E-state index in [1.54, 1.807) is 0 Å². The average molecular weight is 295 g/mol. The standard InChI is InChI=1S/C15H31ClO3/c1-4-6-8-17-10-12-19-13-11-18-9-7-15(3,5-2)14-16/h4-14H2,1-3H3. The first-order valence-corrected chi connectivity index (χ1v) is 8.01. The summed E-state index contributed by atoms with van der Waals surface area (Å²) in [6.45, 7) is 10.7. The highest BCUT2D eigenvalue weighted by Gasteiger charge is 2.20. The average Bonchev–Trinajstić information content (AvgIpc) is 2.44. The fourth-order valence-corrected chi connectivity index (χ4v) is 1.77. The molecule has 0 amide bonds.